The molecule has 3 nitrogen and oxygen atoms in total. The molecule has 1 heterocycles. The van der Waals surface area contributed by atoms with Crippen LogP contribution in [0.3, 0.4) is 0 Å². The van der Waals surface area contributed by atoms with Gasteiger partial charge in [0.25, 0.3) is 0 Å². The van der Waals surface area contributed by atoms with Crippen molar-refractivity contribution in [3.8, 4) is 0 Å². The van der Waals surface area contributed by atoms with E-state index in [1.807, 2.05) is 23.5 Å². The van der Waals surface area contributed by atoms with Crippen molar-refractivity contribution in [2.75, 3.05) is 42.6 Å². The predicted octanol–water partition coefficient (Wildman–Crippen LogP) is 1.74. The molecule has 0 unspecified atom stereocenters. The van der Waals surface area contributed by atoms with Gasteiger partial charge in [-0.1, -0.05) is 13.8 Å². The van der Waals surface area contributed by atoms with Crippen LogP contribution in [0.25, 0.3) is 0 Å². The molecule has 0 spiro atoms. The Morgan fingerprint density at radius 3 is 2.75 bits per heavy atom. The molecule has 0 aromatic heterocycles. The highest BCUT2D eigenvalue weighted by Gasteiger charge is 2.11. The summed E-state index contributed by atoms with van der Waals surface area (Å²) in [6.45, 7) is 7.46. The maximum absolute atomic E-state index is 5.95. The minimum absolute atomic E-state index is 0.741. The van der Waals surface area contributed by atoms with Crippen molar-refractivity contribution in [2.24, 2.45) is 16.6 Å². The van der Waals surface area contributed by atoms with Gasteiger partial charge in [0.05, 0.1) is 6.54 Å². The standard InChI is InChI=1S/C11H23N3S2/c1-10(2)9-16-6-3-13-11(12)14-4-7-15-8-5-14/h10H,3-9H2,1-2H3,(H2,12,13). The minimum atomic E-state index is 0.741. The lowest BCUT2D eigenvalue weighted by Gasteiger charge is -2.27. The lowest BCUT2D eigenvalue weighted by Crippen LogP contribution is -2.42. The van der Waals surface area contributed by atoms with Crippen LogP contribution in [0.2, 0.25) is 0 Å². The molecule has 2 N–H and O–H groups in total. The highest BCUT2D eigenvalue weighted by Crippen LogP contribution is 2.09. The molecule has 0 radical (unpaired) electrons. The molecule has 1 fully saturated rings. The number of hydrogen-bond donors (Lipinski definition) is 1. The summed E-state index contributed by atoms with van der Waals surface area (Å²) in [5.41, 5.74) is 5.95. The number of rotatable bonds is 5. The first-order valence-electron chi connectivity index (χ1n) is 5.90. The van der Waals surface area contributed by atoms with Crippen molar-refractivity contribution in [3.05, 3.63) is 0 Å². The van der Waals surface area contributed by atoms with Gasteiger partial charge in [-0.05, 0) is 11.7 Å². The van der Waals surface area contributed by atoms with Crippen molar-refractivity contribution in [1.82, 2.24) is 4.90 Å². The van der Waals surface area contributed by atoms with Crippen LogP contribution in [-0.4, -0.2) is 53.5 Å². The zero-order chi connectivity index (χ0) is 11.8. The quantitative estimate of drug-likeness (QED) is 0.465. The van der Waals surface area contributed by atoms with Crippen LogP contribution in [0.1, 0.15) is 13.8 Å². The molecule has 5 heteroatoms. The van der Waals surface area contributed by atoms with Crippen LogP contribution < -0.4 is 5.73 Å². The van der Waals surface area contributed by atoms with E-state index in [1.165, 1.54) is 17.3 Å². The third kappa shape index (κ3) is 5.89. The van der Waals surface area contributed by atoms with E-state index in [2.05, 4.69) is 23.7 Å². The summed E-state index contributed by atoms with van der Waals surface area (Å²) < 4.78 is 0. The van der Waals surface area contributed by atoms with Gasteiger partial charge in [-0.15, -0.1) is 0 Å². The van der Waals surface area contributed by atoms with Crippen molar-refractivity contribution in [2.45, 2.75) is 13.8 Å². The predicted molar refractivity (Wildman–Crippen MR) is 77.6 cm³/mol. The first kappa shape index (κ1) is 14.0. The second-order valence-electron chi connectivity index (χ2n) is 4.31. The maximum atomic E-state index is 5.95. The van der Waals surface area contributed by atoms with E-state index in [0.29, 0.717) is 0 Å². The van der Waals surface area contributed by atoms with Gasteiger partial charge in [-0.3, -0.25) is 4.99 Å². The van der Waals surface area contributed by atoms with Gasteiger partial charge in [0, 0.05) is 30.3 Å². The van der Waals surface area contributed by atoms with Crippen molar-refractivity contribution < 1.29 is 0 Å². The smallest absolute Gasteiger partial charge is 0.191 e. The summed E-state index contributed by atoms with van der Waals surface area (Å²) in [4.78, 5) is 6.63. The van der Waals surface area contributed by atoms with E-state index in [9.17, 15) is 0 Å². The number of nitrogens with zero attached hydrogens (tertiary/aromatic N) is 2. The Balaban J connectivity index is 2.12. The maximum Gasteiger partial charge on any atom is 0.191 e. The highest BCUT2D eigenvalue weighted by molar-refractivity contribution is 7.99. The molecule has 0 aromatic carbocycles. The summed E-state index contributed by atoms with van der Waals surface area (Å²) >= 11 is 3.96. The zero-order valence-corrected chi connectivity index (χ0v) is 11.9. The molecule has 1 rings (SSSR count). The summed E-state index contributed by atoms with van der Waals surface area (Å²) in [5, 5.41) is 0. The molecule has 1 aliphatic rings. The molecule has 0 aromatic rings. The molecule has 94 valence electrons. The summed E-state index contributed by atoms with van der Waals surface area (Å²) in [6.07, 6.45) is 0. The molecule has 16 heavy (non-hydrogen) atoms. The van der Waals surface area contributed by atoms with Crippen LogP contribution in [0.4, 0.5) is 0 Å². The number of guanidine groups is 1. The molecular formula is C11H23N3S2. The fourth-order valence-corrected chi connectivity index (χ4v) is 3.20. The number of aliphatic imine (C=N–C) groups is 1. The molecule has 0 saturated carbocycles. The van der Waals surface area contributed by atoms with Crippen LogP contribution in [0, 0.1) is 5.92 Å². The second kappa shape index (κ2) is 8.12. The minimum Gasteiger partial charge on any atom is -0.370 e. The van der Waals surface area contributed by atoms with Crippen molar-refractivity contribution >= 4 is 29.5 Å². The van der Waals surface area contributed by atoms with Crippen LogP contribution >= 0.6 is 23.5 Å². The largest absolute Gasteiger partial charge is 0.370 e. The van der Waals surface area contributed by atoms with Gasteiger partial charge in [0.1, 0.15) is 0 Å². The fraction of sp³-hybridized carbons (Fsp3) is 0.909. The Morgan fingerprint density at radius 1 is 1.44 bits per heavy atom. The zero-order valence-electron chi connectivity index (χ0n) is 10.3. The topological polar surface area (TPSA) is 41.6 Å². The molecule has 0 atom stereocenters. The van der Waals surface area contributed by atoms with Gasteiger partial charge in [-0.2, -0.15) is 23.5 Å². The average Bonchev–Trinajstić information content (AvgIpc) is 2.29. The summed E-state index contributed by atoms with van der Waals surface area (Å²) in [7, 11) is 0. The van der Waals surface area contributed by atoms with Crippen LogP contribution in [-0.2, 0) is 0 Å². The Kier molecular flexibility index (Phi) is 7.12. The molecule has 1 aliphatic heterocycles. The molecule has 1 saturated heterocycles. The van der Waals surface area contributed by atoms with E-state index in [-0.39, 0.29) is 0 Å². The SMILES string of the molecule is CC(C)CSCCN=C(N)N1CCSCC1. The first-order valence-corrected chi connectivity index (χ1v) is 8.21. The van der Waals surface area contributed by atoms with E-state index in [4.69, 9.17) is 5.73 Å². The third-order valence-corrected chi connectivity index (χ3v) is 4.61. The number of thioether (sulfide) groups is 2. The Bertz CT molecular complexity index is 213. The van der Waals surface area contributed by atoms with Crippen LogP contribution in [0.5, 0.6) is 0 Å². The fourth-order valence-electron chi connectivity index (χ4n) is 1.44. The van der Waals surface area contributed by atoms with Crippen LogP contribution in [0.15, 0.2) is 4.99 Å². The van der Waals surface area contributed by atoms with Gasteiger partial charge < -0.3 is 10.6 Å². The second-order valence-corrected chi connectivity index (χ2v) is 6.68. The Hall–Kier alpha value is -0.0300. The van der Waals surface area contributed by atoms with Crippen molar-refractivity contribution in [1.29, 1.82) is 0 Å². The number of hydrogen-bond acceptors (Lipinski definition) is 3. The summed E-state index contributed by atoms with van der Waals surface area (Å²) in [5.74, 6) is 6.17. The van der Waals surface area contributed by atoms with Gasteiger partial charge in [0.2, 0.25) is 0 Å². The highest BCUT2D eigenvalue weighted by atomic mass is 32.2. The lowest BCUT2D eigenvalue weighted by atomic mass is 10.3. The summed E-state index contributed by atoms with van der Waals surface area (Å²) in [6, 6.07) is 0. The molecule has 0 amide bonds. The van der Waals surface area contributed by atoms with Gasteiger partial charge in [-0.25, -0.2) is 0 Å². The van der Waals surface area contributed by atoms with E-state index >= 15 is 0 Å². The number of nitrogens with two attached hydrogens (primary N) is 1. The Morgan fingerprint density at radius 2 is 2.12 bits per heavy atom. The van der Waals surface area contributed by atoms with Crippen molar-refractivity contribution in [3.63, 3.8) is 0 Å². The normalized spacial score (nSPS) is 18.2. The Labute approximate surface area is 108 Å². The monoisotopic (exact) mass is 261 g/mol. The van der Waals surface area contributed by atoms with Gasteiger partial charge in [0.15, 0.2) is 5.96 Å². The molecular weight excluding hydrogens is 238 g/mol. The van der Waals surface area contributed by atoms with Gasteiger partial charge >= 0.3 is 0 Å². The van der Waals surface area contributed by atoms with E-state index < -0.39 is 0 Å². The first-order chi connectivity index (χ1) is 7.70. The molecule has 0 bridgehead atoms. The average molecular weight is 261 g/mol. The van der Waals surface area contributed by atoms with E-state index in [0.717, 1.165) is 37.3 Å². The molecule has 0 aliphatic carbocycles. The van der Waals surface area contributed by atoms with E-state index in [1.54, 1.807) is 0 Å². The third-order valence-electron chi connectivity index (χ3n) is 2.30. The lowest BCUT2D eigenvalue weighted by molar-refractivity contribution is 0.456.